The maximum Gasteiger partial charge on any atom is 0.317 e. The van der Waals surface area contributed by atoms with Crippen molar-refractivity contribution in [3.8, 4) is 0 Å². The molecular formula is C20H21NO3S. The van der Waals surface area contributed by atoms with Gasteiger partial charge in [0, 0.05) is 17.1 Å². The van der Waals surface area contributed by atoms with E-state index in [1.165, 1.54) is 17.3 Å². The zero-order valence-corrected chi connectivity index (χ0v) is 15.2. The first-order valence-corrected chi connectivity index (χ1v) is 9.31. The average molecular weight is 355 g/mol. The van der Waals surface area contributed by atoms with Gasteiger partial charge < -0.3 is 9.64 Å². The summed E-state index contributed by atoms with van der Waals surface area (Å²) in [6.07, 6.45) is 0.0588. The van der Waals surface area contributed by atoms with E-state index in [0.29, 0.717) is 6.54 Å². The number of rotatable bonds is 5. The molecule has 1 aliphatic rings. The van der Waals surface area contributed by atoms with Crippen molar-refractivity contribution in [1.29, 1.82) is 0 Å². The maximum absolute atomic E-state index is 12.6. The van der Waals surface area contributed by atoms with Crippen molar-refractivity contribution in [2.45, 2.75) is 31.3 Å². The summed E-state index contributed by atoms with van der Waals surface area (Å²) in [5.74, 6) is -0.352. The molecule has 0 N–H and O–H groups in total. The standard InChI is InChI=1S/C20H21NO3S/c1-14-7-9-17(10-8-14)25-13-19(22)24-15(2)20(23)21-12-11-16-5-3-4-6-18(16)21/h3-10,15H,11-13H2,1-2H3/t15-/m1/s1. The van der Waals surface area contributed by atoms with Crippen LogP contribution in [0.2, 0.25) is 0 Å². The van der Waals surface area contributed by atoms with Crippen molar-refractivity contribution in [3.63, 3.8) is 0 Å². The van der Waals surface area contributed by atoms with Gasteiger partial charge in [-0.05, 0) is 44.0 Å². The second-order valence-electron chi connectivity index (χ2n) is 6.10. The SMILES string of the molecule is Cc1ccc(SCC(=O)O[C@H](C)C(=O)N2CCc3ccccc32)cc1. The van der Waals surface area contributed by atoms with Crippen molar-refractivity contribution in [2.75, 3.05) is 17.2 Å². The summed E-state index contributed by atoms with van der Waals surface area (Å²) in [5, 5.41) is 0. The number of carbonyl (C=O) groups excluding carboxylic acids is 2. The fraction of sp³-hybridized carbons (Fsp3) is 0.300. The number of fused-ring (bicyclic) bond motifs is 1. The van der Waals surface area contributed by atoms with Crippen LogP contribution in [0.25, 0.3) is 0 Å². The molecule has 2 aromatic rings. The molecule has 1 atom stereocenters. The topological polar surface area (TPSA) is 46.6 Å². The Balaban J connectivity index is 1.53. The van der Waals surface area contributed by atoms with Gasteiger partial charge in [0.15, 0.2) is 6.10 Å². The molecule has 25 heavy (non-hydrogen) atoms. The Hall–Kier alpha value is -2.27. The number of ether oxygens (including phenoxy) is 1. The number of aryl methyl sites for hydroxylation is 1. The van der Waals surface area contributed by atoms with Crippen LogP contribution in [-0.2, 0) is 20.7 Å². The first-order chi connectivity index (χ1) is 12.0. The minimum Gasteiger partial charge on any atom is -0.452 e. The highest BCUT2D eigenvalue weighted by molar-refractivity contribution is 8.00. The van der Waals surface area contributed by atoms with E-state index < -0.39 is 6.10 Å². The zero-order valence-electron chi connectivity index (χ0n) is 14.4. The van der Waals surface area contributed by atoms with Crippen molar-refractivity contribution in [2.24, 2.45) is 0 Å². The number of para-hydroxylation sites is 1. The van der Waals surface area contributed by atoms with Crippen LogP contribution in [0.4, 0.5) is 5.69 Å². The zero-order chi connectivity index (χ0) is 17.8. The summed E-state index contributed by atoms with van der Waals surface area (Å²) < 4.78 is 5.33. The summed E-state index contributed by atoms with van der Waals surface area (Å²) in [6, 6.07) is 15.8. The second kappa shape index (κ2) is 7.74. The quantitative estimate of drug-likeness (QED) is 0.607. The van der Waals surface area contributed by atoms with Crippen molar-refractivity contribution in [1.82, 2.24) is 0 Å². The summed E-state index contributed by atoms with van der Waals surface area (Å²) in [7, 11) is 0. The third-order valence-corrected chi connectivity index (χ3v) is 5.17. The second-order valence-corrected chi connectivity index (χ2v) is 7.15. The molecule has 0 saturated carbocycles. The molecule has 0 radical (unpaired) electrons. The molecule has 0 fully saturated rings. The molecule has 3 rings (SSSR count). The molecule has 0 unspecified atom stereocenters. The monoisotopic (exact) mass is 355 g/mol. The summed E-state index contributed by atoms with van der Waals surface area (Å²) >= 11 is 1.41. The maximum atomic E-state index is 12.6. The third-order valence-electron chi connectivity index (χ3n) is 4.19. The fourth-order valence-corrected chi connectivity index (χ4v) is 3.53. The molecule has 130 valence electrons. The van der Waals surface area contributed by atoms with Crippen LogP contribution in [0.1, 0.15) is 18.1 Å². The Morgan fingerprint density at radius 2 is 1.88 bits per heavy atom. The van der Waals surface area contributed by atoms with Crippen molar-refractivity contribution >= 4 is 29.3 Å². The van der Waals surface area contributed by atoms with E-state index in [2.05, 4.69) is 0 Å². The molecule has 2 aromatic carbocycles. The van der Waals surface area contributed by atoms with Crippen LogP contribution in [-0.4, -0.2) is 30.3 Å². The Morgan fingerprint density at radius 1 is 1.16 bits per heavy atom. The lowest BCUT2D eigenvalue weighted by molar-refractivity contribution is -0.151. The van der Waals surface area contributed by atoms with Gasteiger partial charge in [-0.3, -0.25) is 9.59 Å². The van der Waals surface area contributed by atoms with E-state index in [0.717, 1.165) is 22.6 Å². The number of thioether (sulfide) groups is 1. The molecule has 4 nitrogen and oxygen atoms in total. The number of carbonyl (C=O) groups is 2. The molecule has 0 bridgehead atoms. The highest BCUT2D eigenvalue weighted by Crippen LogP contribution is 2.28. The summed E-state index contributed by atoms with van der Waals surface area (Å²) in [6.45, 7) is 4.29. The number of hydrogen-bond donors (Lipinski definition) is 0. The molecule has 1 aliphatic heterocycles. The molecule has 1 amide bonds. The third kappa shape index (κ3) is 4.23. The van der Waals surface area contributed by atoms with Gasteiger partial charge in [0.25, 0.3) is 5.91 Å². The van der Waals surface area contributed by atoms with Crippen LogP contribution >= 0.6 is 11.8 Å². The minimum absolute atomic E-state index is 0.168. The van der Waals surface area contributed by atoms with Gasteiger partial charge in [-0.1, -0.05) is 35.9 Å². The Labute approximate surface area is 152 Å². The van der Waals surface area contributed by atoms with Gasteiger partial charge in [0.1, 0.15) is 0 Å². The minimum atomic E-state index is -0.780. The van der Waals surface area contributed by atoms with Gasteiger partial charge in [0.05, 0.1) is 5.75 Å². The van der Waals surface area contributed by atoms with Gasteiger partial charge in [-0.15, -0.1) is 11.8 Å². The average Bonchev–Trinajstić information content (AvgIpc) is 3.04. The Bertz CT molecular complexity index is 773. The number of nitrogens with zero attached hydrogens (tertiary/aromatic N) is 1. The molecule has 5 heteroatoms. The number of esters is 1. The van der Waals surface area contributed by atoms with Crippen LogP contribution in [0.5, 0.6) is 0 Å². The predicted octanol–water partition coefficient (Wildman–Crippen LogP) is 3.61. The van der Waals surface area contributed by atoms with Gasteiger partial charge in [-0.2, -0.15) is 0 Å². The van der Waals surface area contributed by atoms with E-state index >= 15 is 0 Å². The Kier molecular flexibility index (Phi) is 5.43. The highest BCUT2D eigenvalue weighted by atomic mass is 32.2. The Morgan fingerprint density at radius 3 is 2.64 bits per heavy atom. The van der Waals surface area contributed by atoms with Crippen molar-refractivity contribution in [3.05, 3.63) is 59.7 Å². The lowest BCUT2D eigenvalue weighted by Gasteiger charge is -2.21. The molecule has 0 aromatic heterocycles. The molecule has 0 aliphatic carbocycles. The molecule has 1 heterocycles. The number of amides is 1. The van der Waals surface area contributed by atoms with Crippen LogP contribution in [0, 0.1) is 6.92 Å². The van der Waals surface area contributed by atoms with E-state index in [1.807, 2.05) is 55.5 Å². The summed E-state index contributed by atoms with van der Waals surface area (Å²) in [4.78, 5) is 27.4. The largest absolute Gasteiger partial charge is 0.452 e. The number of hydrogen-bond acceptors (Lipinski definition) is 4. The van der Waals surface area contributed by atoms with E-state index in [1.54, 1.807) is 11.8 Å². The van der Waals surface area contributed by atoms with E-state index in [9.17, 15) is 9.59 Å². The molecular weight excluding hydrogens is 334 g/mol. The van der Waals surface area contributed by atoms with Gasteiger partial charge in [0.2, 0.25) is 0 Å². The van der Waals surface area contributed by atoms with Crippen molar-refractivity contribution < 1.29 is 14.3 Å². The van der Waals surface area contributed by atoms with Crippen LogP contribution < -0.4 is 4.90 Å². The highest BCUT2D eigenvalue weighted by Gasteiger charge is 2.29. The molecule has 0 spiro atoms. The normalized spacial score (nSPS) is 14.1. The lowest BCUT2D eigenvalue weighted by atomic mass is 10.2. The fourth-order valence-electron chi connectivity index (χ4n) is 2.84. The van der Waals surface area contributed by atoms with Gasteiger partial charge >= 0.3 is 5.97 Å². The molecule has 0 saturated heterocycles. The van der Waals surface area contributed by atoms with Crippen LogP contribution in [0.15, 0.2) is 53.4 Å². The van der Waals surface area contributed by atoms with Gasteiger partial charge in [-0.25, -0.2) is 0 Å². The number of benzene rings is 2. The smallest absolute Gasteiger partial charge is 0.317 e. The first kappa shape index (κ1) is 17.5. The first-order valence-electron chi connectivity index (χ1n) is 8.33. The van der Waals surface area contributed by atoms with E-state index in [4.69, 9.17) is 4.74 Å². The van der Waals surface area contributed by atoms with E-state index in [-0.39, 0.29) is 17.6 Å². The lowest BCUT2D eigenvalue weighted by Crippen LogP contribution is -2.39. The predicted molar refractivity (Wildman–Crippen MR) is 100.0 cm³/mol. The van der Waals surface area contributed by atoms with Crippen LogP contribution in [0.3, 0.4) is 0 Å². The number of anilines is 1. The summed E-state index contributed by atoms with van der Waals surface area (Å²) in [5.41, 5.74) is 3.26.